The lowest BCUT2D eigenvalue weighted by Gasteiger charge is -2.28. The minimum atomic E-state index is -0.629. The van der Waals surface area contributed by atoms with Crippen molar-refractivity contribution in [1.29, 1.82) is 0 Å². The van der Waals surface area contributed by atoms with Gasteiger partial charge in [-0.2, -0.15) is 0 Å². The van der Waals surface area contributed by atoms with Crippen molar-refractivity contribution < 1.29 is 12.9 Å². The number of benzene rings is 3. The van der Waals surface area contributed by atoms with Crippen LogP contribution in [0.15, 0.2) is 60.7 Å². The zero-order valence-electron chi connectivity index (χ0n) is 15.5. The van der Waals surface area contributed by atoms with Gasteiger partial charge in [0.25, 0.3) is 0 Å². The van der Waals surface area contributed by atoms with Gasteiger partial charge in [0, 0.05) is 5.56 Å². The molecule has 3 aromatic rings. The van der Waals surface area contributed by atoms with Gasteiger partial charge in [0.1, 0.15) is 22.8 Å². The Balaban J connectivity index is 1.97. The molecule has 0 aromatic heterocycles. The number of anilines is 1. The molecule has 0 fully saturated rings. The van der Waals surface area contributed by atoms with Gasteiger partial charge in [-0.25, -0.2) is 0 Å². The molecule has 0 heterocycles. The fraction of sp³-hybridized carbons (Fsp3) is 0.182. The summed E-state index contributed by atoms with van der Waals surface area (Å²) < 4.78 is 11.8. The van der Waals surface area contributed by atoms with E-state index in [0.717, 1.165) is 16.7 Å². The molecule has 3 rings (SSSR count). The zero-order valence-corrected chi connectivity index (χ0v) is 17.7. The highest BCUT2D eigenvalue weighted by Gasteiger charge is 2.25. The topological polar surface area (TPSA) is 64.7 Å². The summed E-state index contributed by atoms with van der Waals surface area (Å²) in [6.45, 7) is 5.96. The molecule has 0 aliphatic carbocycles. The third-order valence-corrected chi connectivity index (χ3v) is 4.96. The standard InChI is InChI=1S/C22H22INO3/c1-14-4-6-15(7-5-14)18-12-13-19(20(24)21(18)27-23)26-22(2,3)16-8-10-17(25)11-9-16/h4-13,25H,24H2,1-3H3. The summed E-state index contributed by atoms with van der Waals surface area (Å²) in [5.41, 5.74) is 10.3. The predicted molar refractivity (Wildman–Crippen MR) is 117 cm³/mol. The van der Waals surface area contributed by atoms with Gasteiger partial charge >= 0.3 is 0 Å². The van der Waals surface area contributed by atoms with Crippen molar-refractivity contribution in [2.75, 3.05) is 5.73 Å². The SMILES string of the molecule is Cc1ccc(-c2ccc(OC(C)(C)c3ccc(O)cc3)c(N)c2OI)cc1. The van der Waals surface area contributed by atoms with E-state index in [1.165, 1.54) is 5.56 Å². The highest BCUT2D eigenvalue weighted by atomic mass is 127. The van der Waals surface area contributed by atoms with E-state index in [1.807, 2.05) is 73.3 Å². The van der Waals surface area contributed by atoms with Crippen molar-refractivity contribution in [3.05, 3.63) is 71.8 Å². The predicted octanol–water partition coefficient (Wildman–Crippen LogP) is 5.99. The first-order valence-electron chi connectivity index (χ1n) is 8.58. The van der Waals surface area contributed by atoms with Crippen molar-refractivity contribution >= 4 is 28.7 Å². The lowest BCUT2D eigenvalue weighted by molar-refractivity contribution is 0.110. The van der Waals surface area contributed by atoms with Crippen LogP contribution < -0.4 is 13.5 Å². The minimum Gasteiger partial charge on any atom is -0.508 e. The second-order valence-electron chi connectivity index (χ2n) is 6.96. The number of phenolic OH excluding ortho intramolecular Hbond substituents is 1. The first-order chi connectivity index (χ1) is 12.8. The molecule has 140 valence electrons. The Hall–Kier alpha value is -2.41. The molecule has 0 aliphatic heterocycles. The molecule has 3 aromatic carbocycles. The highest BCUT2D eigenvalue weighted by Crippen LogP contribution is 2.43. The molecule has 0 saturated heterocycles. The Kier molecular flexibility index (Phi) is 5.51. The van der Waals surface area contributed by atoms with Crippen LogP contribution in [0.1, 0.15) is 25.0 Å². The normalized spacial score (nSPS) is 11.3. The molecule has 0 radical (unpaired) electrons. The first-order valence-corrected chi connectivity index (χ1v) is 9.46. The quantitative estimate of drug-likeness (QED) is 0.351. The Bertz CT molecular complexity index is 935. The Morgan fingerprint density at radius 1 is 0.926 bits per heavy atom. The molecular weight excluding hydrogens is 453 g/mol. The first kappa shape index (κ1) is 19.4. The summed E-state index contributed by atoms with van der Waals surface area (Å²) in [5.74, 6) is 1.35. The maximum Gasteiger partial charge on any atom is 0.192 e. The molecule has 0 bridgehead atoms. The number of ether oxygens (including phenoxy) is 1. The molecule has 0 atom stereocenters. The lowest BCUT2D eigenvalue weighted by Crippen LogP contribution is -2.25. The summed E-state index contributed by atoms with van der Waals surface area (Å²) >= 11 is 1.84. The molecular formula is C22H22INO3. The number of hydrogen-bond donors (Lipinski definition) is 2. The third-order valence-electron chi connectivity index (χ3n) is 4.52. The molecule has 0 spiro atoms. The summed E-state index contributed by atoms with van der Waals surface area (Å²) in [7, 11) is 0. The summed E-state index contributed by atoms with van der Waals surface area (Å²) in [4.78, 5) is 0. The average Bonchev–Trinajstić information content (AvgIpc) is 2.64. The van der Waals surface area contributed by atoms with Crippen molar-refractivity contribution in [2.45, 2.75) is 26.4 Å². The van der Waals surface area contributed by atoms with E-state index in [-0.39, 0.29) is 5.75 Å². The van der Waals surface area contributed by atoms with Gasteiger partial charge in [0.05, 0.1) is 0 Å². The Morgan fingerprint density at radius 3 is 2.15 bits per heavy atom. The van der Waals surface area contributed by atoms with Crippen LogP contribution in [0.4, 0.5) is 5.69 Å². The molecule has 4 nitrogen and oxygen atoms in total. The number of aryl methyl sites for hydroxylation is 1. The number of rotatable bonds is 5. The van der Waals surface area contributed by atoms with Crippen LogP contribution in [0, 0.1) is 6.92 Å². The van der Waals surface area contributed by atoms with Crippen molar-refractivity contribution in [3.63, 3.8) is 0 Å². The third kappa shape index (κ3) is 4.13. The number of hydrogen-bond acceptors (Lipinski definition) is 4. The van der Waals surface area contributed by atoms with E-state index in [4.69, 9.17) is 13.5 Å². The van der Waals surface area contributed by atoms with Crippen molar-refractivity contribution in [3.8, 4) is 28.4 Å². The van der Waals surface area contributed by atoms with Gasteiger partial charge in [-0.05, 0) is 56.2 Å². The van der Waals surface area contributed by atoms with Gasteiger partial charge in [0.15, 0.2) is 28.8 Å². The van der Waals surface area contributed by atoms with E-state index < -0.39 is 5.60 Å². The largest absolute Gasteiger partial charge is 0.508 e. The molecule has 3 N–H and O–H groups in total. The van der Waals surface area contributed by atoms with E-state index >= 15 is 0 Å². The molecule has 0 unspecified atom stereocenters. The van der Waals surface area contributed by atoms with Gasteiger partial charge in [-0.1, -0.05) is 42.0 Å². The molecule has 0 aliphatic rings. The fourth-order valence-electron chi connectivity index (χ4n) is 2.91. The Morgan fingerprint density at radius 2 is 1.56 bits per heavy atom. The molecule has 5 heteroatoms. The van der Waals surface area contributed by atoms with Crippen LogP contribution in [0.25, 0.3) is 11.1 Å². The molecule has 0 saturated carbocycles. The maximum absolute atomic E-state index is 9.50. The zero-order chi connectivity index (χ0) is 19.6. The summed E-state index contributed by atoms with van der Waals surface area (Å²) in [6, 6.07) is 19.0. The van der Waals surface area contributed by atoms with Crippen LogP contribution in [0.3, 0.4) is 0 Å². The van der Waals surface area contributed by atoms with Crippen molar-refractivity contribution in [2.24, 2.45) is 0 Å². The molecule has 0 amide bonds. The van der Waals surface area contributed by atoms with Crippen LogP contribution in [0.2, 0.25) is 0 Å². The van der Waals surface area contributed by atoms with E-state index in [9.17, 15) is 5.11 Å². The van der Waals surface area contributed by atoms with E-state index in [0.29, 0.717) is 17.2 Å². The second kappa shape index (κ2) is 7.68. The van der Waals surface area contributed by atoms with Gasteiger partial charge in [-0.3, -0.25) is 0 Å². The fourth-order valence-corrected chi connectivity index (χ4v) is 3.39. The van der Waals surface area contributed by atoms with Gasteiger partial charge in [-0.15, -0.1) is 0 Å². The van der Waals surface area contributed by atoms with Gasteiger partial charge < -0.3 is 18.6 Å². The second-order valence-corrected chi connectivity index (χ2v) is 7.40. The minimum absolute atomic E-state index is 0.220. The highest BCUT2D eigenvalue weighted by molar-refractivity contribution is 14.1. The molecule has 27 heavy (non-hydrogen) atoms. The maximum atomic E-state index is 9.50. The monoisotopic (exact) mass is 475 g/mol. The summed E-state index contributed by atoms with van der Waals surface area (Å²) in [5, 5.41) is 9.50. The van der Waals surface area contributed by atoms with Crippen LogP contribution in [-0.4, -0.2) is 5.11 Å². The van der Waals surface area contributed by atoms with Crippen LogP contribution in [0.5, 0.6) is 17.2 Å². The Labute approximate surface area is 173 Å². The number of aromatic hydroxyl groups is 1. The van der Waals surface area contributed by atoms with E-state index in [2.05, 4.69) is 19.1 Å². The van der Waals surface area contributed by atoms with Crippen LogP contribution >= 0.6 is 23.0 Å². The van der Waals surface area contributed by atoms with Crippen molar-refractivity contribution in [1.82, 2.24) is 0 Å². The number of nitrogen functional groups attached to an aromatic ring is 1. The summed E-state index contributed by atoms with van der Waals surface area (Å²) in [6.07, 6.45) is 0. The number of halogens is 1. The van der Waals surface area contributed by atoms with Crippen LogP contribution in [-0.2, 0) is 5.60 Å². The number of phenols is 1. The number of nitrogens with two attached hydrogens (primary N) is 1. The average molecular weight is 475 g/mol. The lowest BCUT2D eigenvalue weighted by atomic mass is 9.97. The smallest absolute Gasteiger partial charge is 0.192 e. The van der Waals surface area contributed by atoms with Gasteiger partial charge in [0.2, 0.25) is 0 Å². The van der Waals surface area contributed by atoms with E-state index in [1.54, 1.807) is 12.1 Å².